The number of aliphatic hydroxyl groups excluding tert-OH is 1. The van der Waals surface area contributed by atoms with Crippen LogP contribution in [0.15, 0.2) is 17.0 Å². The minimum Gasteiger partial charge on any atom is -0.462 e. The zero-order valence-corrected chi connectivity index (χ0v) is 9.62. The molecule has 84 valence electrons. The van der Waals surface area contributed by atoms with Crippen molar-refractivity contribution in [3.8, 4) is 6.07 Å². The summed E-state index contributed by atoms with van der Waals surface area (Å²) < 4.78 is 4.83. The van der Waals surface area contributed by atoms with Gasteiger partial charge in [-0.05, 0) is 19.1 Å². The van der Waals surface area contributed by atoms with E-state index < -0.39 is 5.97 Å². The molecule has 0 fully saturated rings. The minimum atomic E-state index is -0.522. The Morgan fingerprint density at radius 1 is 1.62 bits per heavy atom. The van der Waals surface area contributed by atoms with Gasteiger partial charge in [0.15, 0.2) is 0 Å². The Bertz CT molecular complexity index is 451. The molecule has 0 aliphatic carbocycles. The summed E-state index contributed by atoms with van der Waals surface area (Å²) >= 11 is 4.11. The molecule has 1 N–H and O–H groups in total. The molecule has 0 unspecified atom stereocenters. The van der Waals surface area contributed by atoms with Crippen molar-refractivity contribution >= 4 is 18.6 Å². The zero-order chi connectivity index (χ0) is 12.1. The zero-order valence-electron chi connectivity index (χ0n) is 8.73. The van der Waals surface area contributed by atoms with Gasteiger partial charge in [0, 0.05) is 10.5 Å². The van der Waals surface area contributed by atoms with Crippen LogP contribution in [0.1, 0.15) is 28.4 Å². The van der Waals surface area contributed by atoms with Crippen molar-refractivity contribution < 1.29 is 14.6 Å². The Labute approximate surface area is 98.9 Å². The Hall–Kier alpha value is -1.51. The van der Waals surface area contributed by atoms with Crippen molar-refractivity contribution in [2.45, 2.75) is 18.4 Å². The second kappa shape index (κ2) is 5.54. The van der Waals surface area contributed by atoms with E-state index in [1.54, 1.807) is 6.92 Å². The molecule has 5 heteroatoms. The van der Waals surface area contributed by atoms with Crippen LogP contribution in [0.4, 0.5) is 0 Å². The standard InChI is InChI=1S/C11H11NO3S/c1-2-15-11(14)8-4-3-7(5-12)10(16)9(8)6-13/h3-4,13,16H,2,6H2,1H3. The average molecular weight is 237 g/mol. The molecule has 0 heterocycles. The van der Waals surface area contributed by atoms with Gasteiger partial charge in [0.25, 0.3) is 0 Å². The molecule has 0 aliphatic heterocycles. The predicted octanol–water partition coefficient (Wildman–Crippen LogP) is 1.52. The summed E-state index contributed by atoms with van der Waals surface area (Å²) in [7, 11) is 0. The molecule has 0 bridgehead atoms. The van der Waals surface area contributed by atoms with Gasteiger partial charge in [-0.2, -0.15) is 5.26 Å². The van der Waals surface area contributed by atoms with E-state index in [1.807, 2.05) is 6.07 Å². The Morgan fingerprint density at radius 2 is 2.31 bits per heavy atom. The highest BCUT2D eigenvalue weighted by Gasteiger charge is 2.16. The number of esters is 1. The predicted molar refractivity (Wildman–Crippen MR) is 60.3 cm³/mol. The first-order chi connectivity index (χ1) is 7.65. The molecule has 0 spiro atoms. The lowest BCUT2D eigenvalue weighted by Crippen LogP contribution is -2.09. The summed E-state index contributed by atoms with van der Waals surface area (Å²) in [5, 5.41) is 17.9. The maximum Gasteiger partial charge on any atom is 0.338 e. The quantitative estimate of drug-likeness (QED) is 0.617. The van der Waals surface area contributed by atoms with Gasteiger partial charge in [-0.3, -0.25) is 0 Å². The topological polar surface area (TPSA) is 70.3 Å². The summed E-state index contributed by atoms with van der Waals surface area (Å²) in [6.45, 7) is 1.59. The normalized spacial score (nSPS) is 9.62. The minimum absolute atomic E-state index is 0.244. The van der Waals surface area contributed by atoms with Crippen molar-refractivity contribution in [1.29, 1.82) is 5.26 Å². The Morgan fingerprint density at radius 3 is 2.81 bits per heavy atom. The summed E-state index contributed by atoms with van der Waals surface area (Å²) in [4.78, 5) is 11.8. The molecule has 16 heavy (non-hydrogen) atoms. The highest BCUT2D eigenvalue weighted by atomic mass is 32.1. The van der Waals surface area contributed by atoms with Crippen LogP contribution >= 0.6 is 12.6 Å². The number of nitriles is 1. The van der Waals surface area contributed by atoms with Crippen molar-refractivity contribution in [3.05, 3.63) is 28.8 Å². The first-order valence-corrected chi connectivity index (χ1v) is 5.13. The molecule has 0 radical (unpaired) electrons. The van der Waals surface area contributed by atoms with Crippen LogP contribution in [-0.2, 0) is 11.3 Å². The molecule has 1 rings (SSSR count). The fourth-order valence-electron chi connectivity index (χ4n) is 1.29. The fourth-order valence-corrected chi connectivity index (χ4v) is 1.60. The largest absolute Gasteiger partial charge is 0.462 e. The Balaban J connectivity index is 3.27. The van der Waals surface area contributed by atoms with Crippen LogP contribution in [0.3, 0.4) is 0 Å². The maximum atomic E-state index is 11.5. The first kappa shape index (κ1) is 12.6. The van der Waals surface area contributed by atoms with Gasteiger partial charge in [0.05, 0.1) is 24.3 Å². The number of hydrogen-bond donors (Lipinski definition) is 2. The van der Waals surface area contributed by atoms with Crippen LogP contribution in [-0.4, -0.2) is 17.7 Å². The number of benzene rings is 1. The smallest absolute Gasteiger partial charge is 0.338 e. The van der Waals surface area contributed by atoms with E-state index in [2.05, 4.69) is 12.6 Å². The number of carbonyl (C=O) groups excluding carboxylic acids is 1. The van der Waals surface area contributed by atoms with E-state index in [-0.39, 0.29) is 18.8 Å². The molecule has 0 aliphatic rings. The fraction of sp³-hybridized carbons (Fsp3) is 0.273. The van der Waals surface area contributed by atoms with E-state index in [1.165, 1.54) is 12.1 Å². The summed E-state index contributed by atoms with van der Waals surface area (Å²) in [6.07, 6.45) is 0. The molecule has 1 aromatic rings. The van der Waals surface area contributed by atoms with Crippen LogP contribution in [0.5, 0.6) is 0 Å². The van der Waals surface area contributed by atoms with Crippen LogP contribution in [0, 0.1) is 11.3 Å². The molecule has 4 nitrogen and oxygen atoms in total. The van der Waals surface area contributed by atoms with Gasteiger partial charge in [-0.1, -0.05) is 0 Å². The summed E-state index contributed by atoms with van der Waals surface area (Å²) in [6, 6.07) is 4.87. The van der Waals surface area contributed by atoms with E-state index in [9.17, 15) is 9.90 Å². The lowest BCUT2D eigenvalue weighted by Gasteiger charge is -2.09. The van der Waals surface area contributed by atoms with Crippen molar-refractivity contribution in [2.24, 2.45) is 0 Å². The molecule has 0 amide bonds. The van der Waals surface area contributed by atoms with Crippen LogP contribution in [0.25, 0.3) is 0 Å². The molecule has 0 saturated heterocycles. The molecule has 0 atom stereocenters. The third-order valence-corrected chi connectivity index (χ3v) is 2.57. The first-order valence-electron chi connectivity index (χ1n) is 4.68. The van der Waals surface area contributed by atoms with Crippen molar-refractivity contribution in [3.63, 3.8) is 0 Å². The Kier molecular flexibility index (Phi) is 4.35. The monoisotopic (exact) mass is 237 g/mol. The van der Waals surface area contributed by atoms with E-state index in [0.29, 0.717) is 16.0 Å². The highest BCUT2D eigenvalue weighted by molar-refractivity contribution is 7.80. The van der Waals surface area contributed by atoms with E-state index >= 15 is 0 Å². The number of aliphatic hydroxyl groups is 1. The maximum absolute atomic E-state index is 11.5. The van der Waals surface area contributed by atoms with Gasteiger partial charge in [0.1, 0.15) is 6.07 Å². The third-order valence-electron chi connectivity index (χ3n) is 2.06. The molecule has 1 aromatic carbocycles. The number of ether oxygens (including phenoxy) is 1. The summed E-state index contributed by atoms with van der Waals surface area (Å²) in [5.74, 6) is -0.522. The second-order valence-electron chi connectivity index (χ2n) is 2.98. The van der Waals surface area contributed by atoms with Gasteiger partial charge >= 0.3 is 5.97 Å². The number of nitrogens with zero attached hydrogens (tertiary/aromatic N) is 1. The number of rotatable bonds is 3. The highest BCUT2D eigenvalue weighted by Crippen LogP contribution is 2.23. The molecular formula is C11H11NO3S. The van der Waals surface area contributed by atoms with Gasteiger partial charge < -0.3 is 9.84 Å². The van der Waals surface area contributed by atoms with Crippen LogP contribution in [0.2, 0.25) is 0 Å². The number of carbonyl (C=O) groups is 1. The van der Waals surface area contributed by atoms with E-state index in [4.69, 9.17) is 10.00 Å². The van der Waals surface area contributed by atoms with Crippen LogP contribution < -0.4 is 0 Å². The molecule has 0 saturated carbocycles. The summed E-state index contributed by atoms with van der Waals surface area (Å²) in [5.41, 5.74) is 0.884. The third kappa shape index (κ3) is 2.35. The van der Waals surface area contributed by atoms with Crippen molar-refractivity contribution in [2.75, 3.05) is 6.61 Å². The number of thiol groups is 1. The molecule has 0 aromatic heterocycles. The van der Waals surface area contributed by atoms with Gasteiger partial charge in [-0.25, -0.2) is 4.79 Å². The van der Waals surface area contributed by atoms with Gasteiger partial charge in [0.2, 0.25) is 0 Å². The van der Waals surface area contributed by atoms with Crippen molar-refractivity contribution in [1.82, 2.24) is 0 Å². The second-order valence-corrected chi connectivity index (χ2v) is 3.43. The average Bonchev–Trinajstić information content (AvgIpc) is 2.28. The van der Waals surface area contributed by atoms with E-state index in [0.717, 1.165) is 0 Å². The lowest BCUT2D eigenvalue weighted by molar-refractivity contribution is 0.0522. The number of hydrogen-bond acceptors (Lipinski definition) is 5. The lowest BCUT2D eigenvalue weighted by atomic mass is 10.0. The SMILES string of the molecule is CCOC(=O)c1ccc(C#N)c(S)c1CO. The van der Waals surface area contributed by atoms with Gasteiger partial charge in [-0.15, -0.1) is 12.6 Å². The molecular weight excluding hydrogens is 226 g/mol.